The highest BCUT2D eigenvalue weighted by atomic mass is 35.5. The summed E-state index contributed by atoms with van der Waals surface area (Å²) in [5.74, 6) is 0.359. The normalized spacial score (nSPS) is 11.5. The average molecular weight is 324 g/mol. The number of nitrogens with zero attached hydrogens (tertiary/aromatic N) is 4. The second-order valence-corrected chi connectivity index (χ2v) is 5.21. The van der Waals surface area contributed by atoms with Crippen LogP contribution in [0.4, 0.5) is 4.39 Å². The zero-order chi connectivity index (χ0) is 15.9. The van der Waals surface area contributed by atoms with Crippen molar-refractivity contribution in [3.05, 3.63) is 53.1 Å². The minimum Gasteiger partial charge on any atom is -0.354 e. The van der Waals surface area contributed by atoms with Crippen molar-refractivity contribution in [2.24, 2.45) is 4.99 Å². The van der Waals surface area contributed by atoms with Crippen LogP contribution in [0.2, 0.25) is 5.02 Å². The molecule has 0 aliphatic heterocycles. The molecule has 0 amide bonds. The molecule has 0 atom stereocenters. The van der Waals surface area contributed by atoms with Gasteiger partial charge in [0.15, 0.2) is 5.96 Å². The second-order valence-electron chi connectivity index (χ2n) is 4.80. The number of hydrogen-bond acceptors (Lipinski definition) is 2. The lowest BCUT2D eigenvalue weighted by molar-refractivity contribution is 0.456. The number of nitrogens with one attached hydrogen (secondary N) is 1. The fourth-order valence-corrected chi connectivity index (χ4v) is 2.32. The summed E-state index contributed by atoms with van der Waals surface area (Å²) in [6.45, 7) is 1.73. The molecule has 1 aromatic heterocycles. The molecule has 22 heavy (non-hydrogen) atoms. The van der Waals surface area contributed by atoms with E-state index in [-0.39, 0.29) is 5.82 Å². The summed E-state index contributed by atoms with van der Waals surface area (Å²) >= 11 is 6.05. The summed E-state index contributed by atoms with van der Waals surface area (Å²) in [5.41, 5.74) is 0.460. The van der Waals surface area contributed by atoms with Crippen molar-refractivity contribution < 1.29 is 4.39 Å². The molecule has 0 aliphatic rings. The van der Waals surface area contributed by atoms with Gasteiger partial charge < -0.3 is 10.2 Å². The summed E-state index contributed by atoms with van der Waals surface area (Å²) < 4.78 is 15.7. The van der Waals surface area contributed by atoms with Crippen LogP contribution in [0.1, 0.15) is 5.56 Å². The maximum atomic E-state index is 13.8. The van der Waals surface area contributed by atoms with Gasteiger partial charge in [-0.3, -0.25) is 9.67 Å². The number of hydrogen-bond donors (Lipinski definition) is 1. The number of rotatable bonds is 5. The van der Waals surface area contributed by atoms with Crippen LogP contribution in [0.15, 0.2) is 41.7 Å². The summed E-state index contributed by atoms with van der Waals surface area (Å²) in [4.78, 5) is 6.03. The third-order valence-electron chi connectivity index (χ3n) is 3.21. The first-order chi connectivity index (χ1) is 10.6. The van der Waals surface area contributed by atoms with Gasteiger partial charge in [0.25, 0.3) is 0 Å². The van der Waals surface area contributed by atoms with Crippen molar-refractivity contribution >= 4 is 17.6 Å². The summed E-state index contributed by atoms with van der Waals surface area (Å²) in [5, 5.41) is 7.76. The van der Waals surface area contributed by atoms with Gasteiger partial charge >= 0.3 is 0 Å². The molecule has 0 aliphatic carbocycles. The molecule has 0 saturated carbocycles. The molecule has 0 saturated heterocycles. The lowest BCUT2D eigenvalue weighted by Gasteiger charge is -2.23. The monoisotopic (exact) mass is 323 g/mol. The van der Waals surface area contributed by atoms with Crippen LogP contribution in [0.3, 0.4) is 0 Å². The molecule has 2 aromatic rings. The summed E-state index contributed by atoms with van der Waals surface area (Å²) in [7, 11) is 3.53. The highest BCUT2D eigenvalue weighted by Crippen LogP contribution is 2.20. The standard InChI is InChI=1S/C15H19ClFN5/c1-18-15(19-8-10-22-9-4-7-20-22)21(2)11-12-13(16)5-3-6-14(12)17/h3-7,9H,8,10-11H2,1-2H3,(H,18,19). The van der Waals surface area contributed by atoms with E-state index in [0.29, 0.717) is 29.6 Å². The van der Waals surface area contributed by atoms with E-state index in [4.69, 9.17) is 11.6 Å². The molecule has 1 N–H and O–H groups in total. The number of guanidine groups is 1. The second kappa shape index (κ2) is 7.79. The van der Waals surface area contributed by atoms with Crippen LogP contribution in [0.5, 0.6) is 0 Å². The van der Waals surface area contributed by atoms with Crippen molar-refractivity contribution in [3.63, 3.8) is 0 Å². The lowest BCUT2D eigenvalue weighted by atomic mass is 10.2. The largest absolute Gasteiger partial charge is 0.354 e. The van der Waals surface area contributed by atoms with Crippen LogP contribution in [0, 0.1) is 5.82 Å². The highest BCUT2D eigenvalue weighted by Gasteiger charge is 2.12. The van der Waals surface area contributed by atoms with Crippen LogP contribution in [-0.2, 0) is 13.1 Å². The fourth-order valence-electron chi connectivity index (χ4n) is 2.10. The molecule has 5 nitrogen and oxygen atoms in total. The predicted molar refractivity (Wildman–Crippen MR) is 86.5 cm³/mol. The van der Waals surface area contributed by atoms with Crippen LogP contribution in [0.25, 0.3) is 0 Å². The first-order valence-electron chi connectivity index (χ1n) is 6.94. The van der Waals surface area contributed by atoms with Crippen molar-refractivity contribution in [1.82, 2.24) is 20.0 Å². The number of halogens is 2. The van der Waals surface area contributed by atoms with Crippen molar-refractivity contribution in [3.8, 4) is 0 Å². The van der Waals surface area contributed by atoms with Crippen LogP contribution >= 0.6 is 11.6 Å². The van der Waals surface area contributed by atoms with E-state index in [1.165, 1.54) is 6.07 Å². The van der Waals surface area contributed by atoms with E-state index in [9.17, 15) is 4.39 Å². The van der Waals surface area contributed by atoms with E-state index in [0.717, 1.165) is 6.54 Å². The van der Waals surface area contributed by atoms with Gasteiger partial charge in [0.1, 0.15) is 5.82 Å². The van der Waals surface area contributed by atoms with Crippen LogP contribution < -0.4 is 5.32 Å². The number of aliphatic imine (C=N–C) groups is 1. The highest BCUT2D eigenvalue weighted by molar-refractivity contribution is 6.31. The SMILES string of the molecule is CN=C(NCCn1cccn1)N(C)Cc1c(F)cccc1Cl. The van der Waals surface area contributed by atoms with Crippen molar-refractivity contribution in [2.75, 3.05) is 20.6 Å². The first-order valence-corrected chi connectivity index (χ1v) is 7.31. The Hall–Kier alpha value is -2.08. The van der Waals surface area contributed by atoms with Gasteiger partial charge in [-0.1, -0.05) is 17.7 Å². The topological polar surface area (TPSA) is 45.5 Å². The molecule has 0 fully saturated rings. The van der Waals surface area contributed by atoms with E-state index in [1.807, 2.05) is 28.9 Å². The fraction of sp³-hybridized carbons (Fsp3) is 0.333. The maximum absolute atomic E-state index is 13.8. The summed E-state index contributed by atoms with van der Waals surface area (Å²) in [6, 6.07) is 6.56. The predicted octanol–water partition coefficient (Wildman–Crippen LogP) is 2.38. The van der Waals surface area contributed by atoms with Gasteiger partial charge in [-0.05, 0) is 18.2 Å². The molecule has 7 heteroatoms. The lowest BCUT2D eigenvalue weighted by Crippen LogP contribution is -2.40. The van der Waals surface area contributed by atoms with E-state index < -0.39 is 0 Å². The van der Waals surface area contributed by atoms with Crippen molar-refractivity contribution in [2.45, 2.75) is 13.1 Å². The Morgan fingerprint density at radius 3 is 2.91 bits per heavy atom. The minimum absolute atomic E-state index is 0.314. The molecule has 0 radical (unpaired) electrons. The van der Waals surface area contributed by atoms with Crippen molar-refractivity contribution in [1.29, 1.82) is 0 Å². The van der Waals surface area contributed by atoms with E-state index in [1.54, 1.807) is 25.4 Å². The summed E-state index contributed by atoms with van der Waals surface area (Å²) in [6.07, 6.45) is 3.63. The Balaban J connectivity index is 1.93. The van der Waals surface area contributed by atoms with Gasteiger partial charge in [0, 0.05) is 50.2 Å². The third-order valence-corrected chi connectivity index (χ3v) is 3.57. The average Bonchev–Trinajstić information content (AvgIpc) is 3.00. The molecular formula is C15H19ClFN5. The zero-order valence-corrected chi connectivity index (χ0v) is 13.4. The Kier molecular flexibility index (Phi) is 5.77. The third kappa shape index (κ3) is 4.21. The van der Waals surface area contributed by atoms with Gasteiger partial charge in [-0.25, -0.2) is 4.39 Å². The van der Waals surface area contributed by atoms with Gasteiger partial charge in [-0.15, -0.1) is 0 Å². The Labute approximate surface area is 134 Å². The quantitative estimate of drug-likeness (QED) is 0.679. The van der Waals surface area contributed by atoms with Crippen LogP contribution in [-0.4, -0.2) is 41.3 Å². The molecule has 0 bridgehead atoms. The van der Waals surface area contributed by atoms with Gasteiger partial charge in [0.05, 0.1) is 6.54 Å². The molecule has 0 spiro atoms. The first kappa shape index (κ1) is 16.3. The maximum Gasteiger partial charge on any atom is 0.193 e. The Bertz CT molecular complexity index is 607. The molecular weight excluding hydrogens is 305 g/mol. The zero-order valence-electron chi connectivity index (χ0n) is 12.6. The smallest absolute Gasteiger partial charge is 0.193 e. The van der Waals surface area contributed by atoms with E-state index in [2.05, 4.69) is 15.4 Å². The number of aromatic nitrogens is 2. The molecule has 2 rings (SSSR count). The Morgan fingerprint density at radius 1 is 1.45 bits per heavy atom. The van der Waals surface area contributed by atoms with Gasteiger partial charge in [0.2, 0.25) is 0 Å². The molecule has 1 aromatic carbocycles. The molecule has 118 valence electrons. The number of benzene rings is 1. The van der Waals surface area contributed by atoms with E-state index >= 15 is 0 Å². The Morgan fingerprint density at radius 2 is 2.27 bits per heavy atom. The van der Waals surface area contributed by atoms with Gasteiger partial charge in [-0.2, -0.15) is 5.10 Å². The minimum atomic E-state index is -0.314. The molecule has 0 unspecified atom stereocenters. The molecule has 1 heterocycles.